The van der Waals surface area contributed by atoms with Crippen LogP contribution in [0.4, 0.5) is 5.00 Å². The van der Waals surface area contributed by atoms with Gasteiger partial charge in [-0.2, -0.15) is 0 Å². The van der Waals surface area contributed by atoms with Gasteiger partial charge in [0.25, 0.3) is 5.91 Å². The number of anilines is 1. The van der Waals surface area contributed by atoms with Crippen molar-refractivity contribution in [2.45, 2.75) is 32.6 Å². The second kappa shape index (κ2) is 8.18. The topological polar surface area (TPSA) is 72.2 Å². The number of benzene rings is 1. The lowest BCUT2D eigenvalue weighted by Crippen LogP contribution is -2.19. The number of thiophene rings is 1. The van der Waals surface area contributed by atoms with Crippen LogP contribution in [0.5, 0.6) is 0 Å². The first-order valence-corrected chi connectivity index (χ1v) is 10.3. The summed E-state index contributed by atoms with van der Waals surface area (Å²) in [6.45, 7) is 2.19. The third-order valence-electron chi connectivity index (χ3n) is 4.72. The Hall–Kier alpha value is -1.92. The number of nitrogens with two attached hydrogens (primary N) is 1. The number of carbonyl (C=O) groups is 2. The lowest BCUT2D eigenvalue weighted by Gasteiger charge is -2.20. The number of nitrogens with one attached hydrogen (secondary N) is 1. The lowest BCUT2D eigenvalue weighted by molar-refractivity contribution is -0.111. The summed E-state index contributed by atoms with van der Waals surface area (Å²) in [6.07, 6.45) is 7.22. The minimum atomic E-state index is -0.468. The molecule has 0 saturated carbocycles. The van der Waals surface area contributed by atoms with Gasteiger partial charge < -0.3 is 11.1 Å². The summed E-state index contributed by atoms with van der Waals surface area (Å²) in [5, 5.41) is 3.42. The van der Waals surface area contributed by atoms with Gasteiger partial charge in [-0.25, -0.2) is 0 Å². The van der Waals surface area contributed by atoms with E-state index in [2.05, 4.69) is 28.2 Å². The smallest absolute Gasteiger partial charge is 0.251 e. The van der Waals surface area contributed by atoms with Gasteiger partial charge in [0.05, 0.1) is 5.56 Å². The molecule has 2 aromatic rings. The zero-order chi connectivity index (χ0) is 18.7. The van der Waals surface area contributed by atoms with Crippen LogP contribution in [0.2, 0.25) is 0 Å². The van der Waals surface area contributed by atoms with Gasteiger partial charge >= 0.3 is 0 Å². The average Bonchev–Trinajstić information content (AvgIpc) is 2.98. The van der Waals surface area contributed by atoms with Crippen molar-refractivity contribution in [1.29, 1.82) is 0 Å². The molecule has 1 aliphatic carbocycles. The molecule has 136 valence electrons. The Labute approximate surface area is 165 Å². The minimum Gasteiger partial charge on any atom is -0.365 e. The quantitative estimate of drug-likeness (QED) is 0.667. The van der Waals surface area contributed by atoms with Crippen LogP contribution in [0.1, 0.15) is 46.1 Å². The van der Waals surface area contributed by atoms with Gasteiger partial charge in [-0.1, -0.05) is 41.4 Å². The number of amides is 2. The SMILES string of the molecule is CCC1CCc2c(sc(NC(=O)/C=C/c3ccc(Br)cc3)c2C(N)=O)C1. The van der Waals surface area contributed by atoms with E-state index in [4.69, 9.17) is 5.73 Å². The molecular weight excluding hydrogens is 412 g/mol. The Morgan fingerprint density at radius 3 is 2.73 bits per heavy atom. The predicted molar refractivity (Wildman–Crippen MR) is 110 cm³/mol. The monoisotopic (exact) mass is 432 g/mol. The Morgan fingerprint density at radius 1 is 1.35 bits per heavy atom. The first-order chi connectivity index (χ1) is 12.5. The molecule has 2 amide bonds. The van der Waals surface area contributed by atoms with Crippen molar-refractivity contribution in [1.82, 2.24) is 0 Å². The fourth-order valence-corrected chi connectivity index (χ4v) is 4.89. The molecule has 1 atom stereocenters. The van der Waals surface area contributed by atoms with Crippen molar-refractivity contribution in [3.8, 4) is 0 Å². The average molecular weight is 433 g/mol. The highest BCUT2D eigenvalue weighted by atomic mass is 79.9. The van der Waals surface area contributed by atoms with E-state index in [0.29, 0.717) is 16.5 Å². The number of rotatable bonds is 5. The molecule has 1 aliphatic rings. The molecule has 0 fully saturated rings. The van der Waals surface area contributed by atoms with E-state index in [1.807, 2.05) is 24.3 Å². The van der Waals surface area contributed by atoms with E-state index in [-0.39, 0.29) is 5.91 Å². The van der Waals surface area contributed by atoms with Crippen LogP contribution in [0.3, 0.4) is 0 Å². The van der Waals surface area contributed by atoms with E-state index in [1.165, 1.54) is 22.3 Å². The van der Waals surface area contributed by atoms with Gasteiger partial charge in [-0.3, -0.25) is 9.59 Å². The second-order valence-electron chi connectivity index (χ2n) is 6.46. The molecule has 0 bridgehead atoms. The van der Waals surface area contributed by atoms with Crippen molar-refractivity contribution in [2.75, 3.05) is 5.32 Å². The van der Waals surface area contributed by atoms with Gasteiger partial charge in [0.2, 0.25) is 5.91 Å². The van der Waals surface area contributed by atoms with Crippen molar-refractivity contribution >= 4 is 50.2 Å². The van der Waals surface area contributed by atoms with Gasteiger partial charge in [-0.15, -0.1) is 11.3 Å². The Bertz CT molecular complexity index is 855. The van der Waals surface area contributed by atoms with Crippen molar-refractivity contribution in [2.24, 2.45) is 11.7 Å². The normalized spacial score (nSPS) is 16.5. The summed E-state index contributed by atoms with van der Waals surface area (Å²) >= 11 is 4.87. The molecule has 6 heteroatoms. The van der Waals surface area contributed by atoms with E-state index >= 15 is 0 Å². The molecule has 1 heterocycles. The third-order valence-corrected chi connectivity index (χ3v) is 6.42. The summed E-state index contributed by atoms with van der Waals surface area (Å²) < 4.78 is 0.986. The van der Waals surface area contributed by atoms with Crippen LogP contribution in [0, 0.1) is 5.92 Å². The summed E-state index contributed by atoms with van der Waals surface area (Å²) in [6, 6.07) is 7.66. The zero-order valence-corrected chi connectivity index (χ0v) is 17.0. The largest absolute Gasteiger partial charge is 0.365 e. The highest BCUT2D eigenvalue weighted by Crippen LogP contribution is 2.40. The predicted octanol–water partition coefficient (Wildman–Crippen LogP) is 4.78. The standard InChI is InChI=1S/C20H21BrN2O2S/c1-2-12-5-9-15-16(11-12)26-20(18(15)19(22)25)23-17(24)10-6-13-3-7-14(21)8-4-13/h3-4,6-8,10,12H,2,5,9,11H2,1H3,(H2,22,25)(H,23,24)/b10-6+. The Kier molecular flexibility index (Phi) is 5.94. The molecule has 4 nitrogen and oxygen atoms in total. The van der Waals surface area contributed by atoms with Crippen molar-refractivity contribution in [3.05, 3.63) is 56.4 Å². The molecule has 3 N–H and O–H groups in total. The van der Waals surface area contributed by atoms with Gasteiger partial charge in [-0.05, 0) is 54.5 Å². The Balaban J connectivity index is 1.78. The fourth-order valence-electron chi connectivity index (χ4n) is 3.25. The maximum absolute atomic E-state index is 12.3. The molecule has 1 aromatic heterocycles. The van der Waals surface area contributed by atoms with Gasteiger partial charge in [0.1, 0.15) is 5.00 Å². The van der Waals surface area contributed by atoms with E-state index < -0.39 is 5.91 Å². The number of carbonyl (C=O) groups excluding carboxylic acids is 2. The summed E-state index contributed by atoms with van der Waals surface area (Å²) in [5.41, 5.74) is 8.04. The molecule has 0 spiro atoms. The van der Waals surface area contributed by atoms with Crippen LogP contribution in [-0.2, 0) is 17.6 Å². The van der Waals surface area contributed by atoms with E-state index in [0.717, 1.165) is 41.3 Å². The van der Waals surface area contributed by atoms with Gasteiger partial charge in [0, 0.05) is 15.4 Å². The highest BCUT2D eigenvalue weighted by Gasteiger charge is 2.27. The summed E-state index contributed by atoms with van der Waals surface area (Å²) in [5.74, 6) is -0.0894. The third kappa shape index (κ3) is 4.24. The molecule has 26 heavy (non-hydrogen) atoms. The number of hydrogen-bond acceptors (Lipinski definition) is 3. The molecule has 0 saturated heterocycles. The number of primary amides is 1. The van der Waals surface area contributed by atoms with E-state index in [1.54, 1.807) is 6.08 Å². The maximum Gasteiger partial charge on any atom is 0.251 e. The van der Waals surface area contributed by atoms with Crippen LogP contribution in [0.25, 0.3) is 6.08 Å². The number of halogens is 1. The molecular formula is C20H21BrN2O2S. The molecule has 1 unspecified atom stereocenters. The zero-order valence-electron chi connectivity index (χ0n) is 14.5. The van der Waals surface area contributed by atoms with Gasteiger partial charge in [0.15, 0.2) is 0 Å². The first kappa shape index (κ1) is 18.9. The highest BCUT2D eigenvalue weighted by molar-refractivity contribution is 9.10. The number of hydrogen-bond donors (Lipinski definition) is 2. The Morgan fingerprint density at radius 2 is 2.08 bits per heavy atom. The summed E-state index contributed by atoms with van der Waals surface area (Å²) in [4.78, 5) is 25.4. The fraction of sp³-hybridized carbons (Fsp3) is 0.300. The molecule has 3 rings (SSSR count). The molecule has 1 aromatic carbocycles. The summed E-state index contributed by atoms with van der Waals surface area (Å²) in [7, 11) is 0. The van der Waals surface area contributed by atoms with Crippen molar-refractivity contribution in [3.63, 3.8) is 0 Å². The number of fused-ring (bicyclic) bond motifs is 1. The van der Waals surface area contributed by atoms with Crippen LogP contribution in [-0.4, -0.2) is 11.8 Å². The maximum atomic E-state index is 12.3. The minimum absolute atomic E-state index is 0.263. The van der Waals surface area contributed by atoms with Crippen LogP contribution >= 0.6 is 27.3 Å². The molecule has 0 radical (unpaired) electrons. The van der Waals surface area contributed by atoms with Crippen LogP contribution in [0.15, 0.2) is 34.8 Å². The van der Waals surface area contributed by atoms with E-state index in [9.17, 15) is 9.59 Å². The molecule has 0 aliphatic heterocycles. The lowest BCUT2D eigenvalue weighted by atomic mass is 9.85. The first-order valence-electron chi connectivity index (χ1n) is 8.67. The van der Waals surface area contributed by atoms with Crippen molar-refractivity contribution < 1.29 is 9.59 Å². The second-order valence-corrected chi connectivity index (χ2v) is 8.48. The van der Waals surface area contributed by atoms with Crippen LogP contribution < -0.4 is 11.1 Å².